The predicted molar refractivity (Wildman–Crippen MR) is 135 cm³/mol. The highest BCUT2D eigenvalue weighted by Crippen LogP contribution is 2.48. The Morgan fingerprint density at radius 3 is 1.62 bits per heavy atom. The SMILES string of the molecule is CCCCCCCCCCCCCCCC(=O)OC(CC)(CC)[C@@H](O)CC(Br)P(=O)(O)O. The van der Waals surface area contributed by atoms with Gasteiger partial charge in [-0.1, -0.05) is 114 Å². The summed E-state index contributed by atoms with van der Waals surface area (Å²) < 4.78 is 15.9. The molecule has 1 unspecified atom stereocenters. The van der Waals surface area contributed by atoms with Crippen LogP contribution in [0.5, 0.6) is 0 Å². The van der Waals surface area contributed by atoms with E-state index in [1.54, 1.807) is 0 Å². The largest absolute Gasteiger partial charge is 0.456 e. The molecule has 0 radical (unpaired) electrons. The fourth-order valence-corrected chi connectivity index (χ4v) is 4.86. The zero-order valence-corrected chi connectivity index (χ0v) is 23.0. The molecule has 0 aliphatic carbocycles. The third kappa shape index (κ3) is 14.3. The van der Waals surface area contributed by atoms with Crippen molar-refractivity contribution in [3.63, 3.8) is 0 Å². The summed E-state index contributed by atoms with van der Waals surface area (Å²) in [5.41, 5.74) is -1.12. The van der Waals surface area contributed by atoms with E-state index in [2.05, 4.69) is 22.9 Å². The summed E-state index contributed by atoms with van der Waals surface area (Å²) in [6.07, 6.45) is 15.8. The quantitative estimate of drug-likeness (QED) is 0.0611. The van der Waals surface area contributed by atoms with Crippen LogP contribution >= 0.6 is 23.5 Å². The fourth-order valence-electron chi connectivity index (χ4n) is 4.03. The van der Waals surface area contributed by atoms with Gasteiger partial charge in [0.05, 0.1) is 6.10 Å². The molecule has 0 spiro atoms. The number of unbranched alkanes of at least 4 members (excludes halogenated alkanes) is 12. The van der Waals surface area contributed by atoms with Crippen LogP contribution in [0.3, 0.4) is 0 Å². The molecular formula is C24H48BrO6P. The van der Waals surface area contributed by atoms with Crippen LogP contribution in [0.4, 0.5) is 0 Å². The second kappa shape index (κ2) is 18.4. The number of ether oxygens (including phenoxy) is 1. The van der Waals surface area contributed by atoms with Gasteiger partial charge in [-0.05, 0) is 19.3 Å². The molecule has 0 saturated heterocycles. The maximum absolute atomic E-state index is 12.4. The average Bonchev–Trinajstić information content (AvgIpc) is 2.74. The Morgan fingerprint density at radius 1 is 0.844 bits per heavy atom. The number of hydrogen-bond donors (Lipinski definition) is 3. The van der Waals surface area contributed by atoms with Crippen molar-refractivity contribution in [2.75, 3.05) is 0 Å². The number of halogens is 1. The second-order valence-electron chi connectivity index (χ2n) is 9.01. The maximum atomic E-state index is 12.4. The van der Waals surface area contributed by atoms with Crippen LogP contribution in [0.2, 0.25) is 0 Å². The van der Waals surface area contributed by atoms with Crippen molar-refractivity contribution in [1.82, 2.24) is 0 Å². The monoisotopic (exact) mass is 542 g/mol. The number of carbonyl (C=O) groups excluding carboxylic acids is 1. The predicted octanol–water partition coefficient (Wildman–Crippen LogP) is 7.22. The van der Waals surface area contributed by atoms with Crippen molar-refractivity contribution < 1.29 is 29.0 Å². The number of esters is 1. The highest BCUT2D eigenvalue weighted by atomic mass is 79.9. The van der Waals surface area contributed by atoms with Gasteiger partial charge in [0.25, 0.3) is 0 Å². The van der Waals surface area contributed by atoms with Crippen LogP contribution in [0, 0.1) is 0 Å². The zero-order valence-electron chi connectivity index (χ0n) is 20.6. The first-order valence-corrected chi connectivity index (χ1v) is 15.3. The Kier molecular flexibility index (Phi) is 18.4. The number of rotatable bonds is 21. The molecule has 0 aromatic heterocycles. The van der Waals surface area contributed by atoms with E-state index in [1.807, 2.05) is 13.8 Å². The first-order valence-electron chi connectivity index (χ1n) is 12.7. The Morgan fingerprint density at radius 2 is 1.25 bits per heavy atom. The topological polar surface area (TPSA) is 104 Å². The molecule has 0 bridgehead atoms. The van der Waals surface area contributed by atoms with E-state index in [0.29, 0.717) is 19.3 Å². The number of aliphatic hydroxyl groups excluding tert-OH is 1. The lowest BCUT2D eigenvalue weighted by Crippen LogP contribution is -2.46. The van der Waals surface area contributed by atoms with Crippen molar-refractivity contribution in [2.45, 2.75) is 146 Å². The second-order valence-corrected chi connectivity index (χ2v) is 12.6. The van der Waals surface area contributed by atoms with Gasteiger partial charge < -0.3 is 19.6 Å². The van der Waals surface area contributed by atoms with E-state index >= 15 is 0 Å². The summed E-state index contributed by atoms with van der Waals surface area (Å²) in [7, 11) is -4.36. The third-order valence-electron chi connectivity index (χ3n) is 6.39. The summed E-state index contributed by atoms with van der Waals surface area (Å²) in [4.78, 5) is 30.9. The van der Waals surface area contributed by atoms with Gasteiger partial charge in [-0.25, -0.2) is 0 Å². The van der Waals surface area contributed by atoms with Gasteiger partial charge in [-0.2, -0.15) is 0 Å². The minimum atomic E-state index is -4.36. The molecule has 2 atom stereocenters. The number of aliphatic hydroxyl groups is 1. The lowest BCUT2D eigenvalue weighted by atomic mass is 9.88. The standard InChI is InChI=1S/C24H48BrO6P/c1-4-7-8-9-10-11-12-13-14-15-16-17-18-19-23(27)31-24(5-2,6-3)21(26)20-22(25)32(28,29)30/h21-22,26H,4-20H2,1-3H3,(H2,28,29,30)/t21-,22?/m0/s1. The van der Waals surface area contributed by atoms with E-state index in [-0.39, 0.29) is 12.4 Å². The minimum absolute atomic E-state index is 0.183. The minimum Gasteiger partial charge on any atom is -0.456 e. The van der Waals surface area contributed by atoms with Crippen molar-refractivity contribution in [3.05, 3.63) is 0 Å². The molecule has 8 heteroatoms. The molecule has 0 aliphatic rings. The van der Waals surface area contributed by atoms with Gasteiger partial charge in [0.15, 0.2) is 0 Å². The molecule has 0 amide bonds. The van der Waals surface area contributed by atoms with E-state index in [4.69, 9.17) is 4.74 Å². The lowest BCUT2D eigenvalue weighted by Gasteiger charge is -2.37. The lowest BCUT2D eigenvalue weighted by molar-refractivity contribution is -0.176. The van der Waals surface area contributed by atoms with Gasteiger partial charge >= 0.3 is 13.6 Å². The summed E-state index contributed by atoms with van der Waals surface area (Å²) >= 11 is 2.95. The Balaban J connectivity index is 4.05. The van der Waals surface area contributed by atoms with Crippen LogP contribution in [0.1, 0.15) is 130 Å². The van der Waals surface area contributed by atoms with Crippen LogP contribution < -0.4 is 0 Å². The first kappa shape index (κ1) is 32.1. The normalized spacial score (nSPS) is 14.3. The number of hydrogen-bond acceptors (Lipinski definition) is 4. The van der Waals surface area contributed by atoms with Gasteiger partial charge in [-0.15, -0.1) is 0 Å². The van der Waals surface area contributed by atoms with Gasteiger partial charge in [0.2, 0.25) is 0 Å². The highest BCUT2D eigenvalue weighted by molar-refractivity contribution is 9.10. The Hall–Kier alpha value is 0.0600. The van der Waals surface area contributed by atoms with Crippen molar-refractivity contribution >= 4 is 29.5 Å². The third-order valence-corrected chi connectivity index (χ3v) is 9.30. The maximum Gasteiger partial charge on any atom is 0.339 e. The molecule has 0 aliphatic heterocycles. The van der Waals surface area contributed by atoms with Gasteiger partial charge in [-0.3, -0.25) is 9.36 Å². The molecule has 0 fully saturated rings. The van der Waals surface area contributed by atoms with E-state index in [9.17, 15) is 24.3 Å². The van der Waals surface area contributed by atoms with Crippen LogP contribution in [0.15, 0.2) is 0 Å². The average molecular weight is 544 g/mol. The molecule has 3 N–H and O–H groups in total. The molecule has 0 aromatic carbocycles. The van der Waals surface area contributed by atoms with Crippen molar-refractivity contribution in [1.29, 1.82) is 0 Å². The molecule has 6 nitrogen and oxygen atoms in total. The zero-order chi connectivity index (χ0) is 24.5. The summed E-state index contributed by atoms with van der Waals surface area (Å²) in [6, 6.07) is 0. The summed E-state index contributed by atoms with van der Waals surface area (Å²) in [5.74, 6) is -0.349. The highest BCUT2D eigenvalue weighted by Gasteiger charge is 2.42. The summed E-state index contributed by atoms with van der Waals surface area (Å²) in [6.45, 7) is 5.87. The molecule has 0 saturated carbocycles. The number of carbonyl (C=O) groups is 1. The van der Waals surface area contributed by atoms with Crippen molar-refractivity contribution in [3.8, 4) is 0 Å². The first-order chi connectivity index (χ1) is 15.1. The van der Waals surface area contributed by atoms with Gasteiger partial charge in [0.1, 0.15) is 10.2 Å². The molecular weight excluding hydrogens is 495 g/mol. The molecule has 0 rings (SSSR count). The smallest absolute Gasteiger partial charge is 0.339 e. The fraction of sp³-hybridized carbons (Fsp3) is 0.958. The summed E-state index contributed by atoms with van der Waals surface area (Å²) in [5, 5.41) is 10.6. The van der Waals surface area contributed by atoms with Crippen LogP contribution in [-0.2, 0) is 14.1 Å². The van der Waals surface area contributed by atoms with E-state index in [1.165, 1.54) is 64.2 Å². The molecule has 0 aromatic rings. The van der Waals surface area contributed by atoms with Gasteiger partial charge in [0, 0.05) is 12.8 Å². The van der Waals surface area contributed by atoms with E-state index < -0.39 is 23.9 Å². The Bertz CT molecular complexity index is 521. The van der Waals surface area contributed by atoms with Crippen molar-refractivity contribution in [2.24, 2.45) is 0 Å². The molecule has 0 heterocycles. The van der Waals surface area contributed by atoms with E-state index in [0.717, 1.165) is 19.3 Å². The van der Waals surface area contributed by atoms with Crippen LogP contribution in [-0.4, -0.2) is 37.1 Å². The Labute approximate surface area is 204 Å². The molecule has 192 valence electrons. The van der Waals surface area contributed by atoms with Crippen LogP contribution in [0.25, 0.3) is 0 Å². The number of alkyl halides is 1. The molecule has 32 heavy (non-hydrogen) atoms.